The molecule has 5 heteroatoms. The minimum Gasteiger partial charge on any atom is -0.485 e. The van der Waals surface area contributed by atoms with Gasteiger partial charge < -0.3 is 16.2 Å². The molecule has 4 nitrogen and oxygen atoms in total. The Labute approximate surface area is 104 Å². The van der Waals surface area contributed by atoms with Crippen molar-refractivity contribution < 1.29 is 4.74 Å². The minimum atomic E-state index is 0.305. The zero-order valence-electron chi connectivity index (χ0n) is 9.06. The number of nitrogens with two attached hydrogens (primary N) is 2. The highest BCUT2D eigenvalue weighted by Crippen LogP contribution is 2.23. The van der Waals surface area contributed by atoms with Crippen LogP contribution in [0.2, 0.25) is 5.02 Å². The Morgan fingerprint density at radius 1 is 1.24 bits per heavy atom. The van der Waals surface area contributed by atoms with Crippen LogP contribution in [0.15, 0.2) is 36.5 Å². The van der Waals surface area contributed by atoms with Crippen LogP contribution in [-0.2, 0) is 6.61 Å². The van der Waals surface area contributed by atoms with E-state index in [1.165, 1.54) is 0 Å². The van der Waals surface area contributed by atoms with Gasteiger partial charge >= 0.3 is 0 Å². The van der Waals surface area contributed by atoms with Crippen LogP contribution in [0.3, 0.4) is 0 Å². The summed E-state index contributed by atoms with van der Waals surface area (Å²) in [6, 6.07) is 8.76. The van der Waals surface area contributed by atoms with E-state index in [9.17, 15) is 0 Å². The first kappa shape index (κ1) is 11.5. The third kappa shape index (κ3) is 2.79. The molecule has 0 bridgehead atoms. The summed E-state index contributed by atoms with van der Waals surface area (Å²) in [7, 11) is 0. The summed E-state index contributed by atoms with van der Waals surface area (Å²) in [5.41, 5.74) is 12.8. The number of halogens is 1. The predicted molar refractivity (Wildman–Crippen MR) is 68.8 cm³/mol. The number of rotatable bonds is 3. The number of hydrogen-bond acceptors (Lipinski definition) is 4. The number of hydrogen-bond donors (Lipinski definition) is 2. The van der Waals surface area contributed by atoms with Gasteiger partial charge in [-0.15, -0.1) is 0 Å². The molecule has 0 atom stereocenters. The van der Waals surface area contributed by atoms with Gasteiger partial charge in [0.1, 0.15) is 6.61 Å². The summed E-state index contributed by atoms with van der Waals surface area (Å²) in [5.74, 6) is 0.888. The first-order valence-corrected chi connectivity index (χ1v) is 5.42. The van der Waals surface area contributed by atoms with E-state index in [1.54, 1.807) is 36.5 Å². The molecule has 0 saturated heterocycles. The Bertz CT molecular complexity index is 531. The van der Waals surface area contributed by atoms with E-state index in [-0.39, 0.29) is 0 Å². The second kappa shape index (κ2) is 4.93. The van der Waals surface area contributed by atoms with Crippen molar-refractivity contribution >= 4 is 23.1 Å². The lowest BCUT2D eigenvalue weighted by molar-refractivity contribution is 0.307. The van der Waals surface area contributed by atoms with Crippen LogP contribution in [0.1, 0.15) is 5.56 Å². The van der Waals surface area contributed by atoms with E-state index >= 15 is 0 Å². The molecule has 1 heterocycles. The van der Waals surface area contributed by atoms with Crippen LogP contribution in [-0.4, -0.2) is 4.98 Å². The molecule has 0 radical (unpaired) electrons. The first-order chi connectivity index (χ1) is 8.16. The summed E-state index contributed by atoms with van der Waals surface area (Å²) >= 11 is 6.02. The summed E-state index contributed by atoms with van der Waals surface area (Å²) in [6.07, 6.45) is 1.61. The van der Waals surface area contributed by atoms with Gasteiger partial charge in [0.15, 0.2) is 11.6 Å². The molecule has 1 aromatic carbocycles. The van der Waals surface area contributed by atoms with E-state index in [4.69, 9.17) is 27.8 Å². The van der Waals surface area contributed by atoms with Crippen LogP contribution < -0.4 is 16.2 Å². The first-order valence-electron chi connectivity index (χ1n) is 5.04. The maximum Gasteiger partial charge on any atom is 0.166 e. The Kier molecular flexibility index (Phi) is 3.35. The van der Waals surface area contributed by atoms with Crippen LogP contribution >= 0.6 is 11.6 Å². The third-order valence-corrected chi connectivity index (χ3v) is 2.62. The zero-order valence-corrected chi connectivity index (χ0v) is 9.82. The van der Waals surface area contributed by atoms with Gasteiger partial charge in [-0.05, 0) is 30.3 Å². The van der Waals surface area contributed by atoms with Gasteiger partial charge in [-0.1, -0.05) is 11.6 Å². The Morgan fingerprint density at radius 3 is 2.82 bits per heavy atom. The van der Waals surface area contributed by atoms with Crippen molar-refractivity contribution in [1.82, 2.24) is 4.98 Å². The normalized spacial score (nSPS) is 10.2. The molecule has 0 aliphatic rings. The lowest BCUT2D eigenvalue weighted by Crippen LogP contribution is -2.01. The van der Waals surface area contributed by atoms with Gasteiger partial charge in [0, 0.05) is 22.5 Å². The SMILES string of the molecule is Nc1ccc(Cl)c(COc2cccnc2N)c1. The predicted octanol–water partition coefficient (Wildman–Crippen LogP) is 2.48. The molecule has 0 fully saturated rings. The largest absolute Gasteiger partial charge is 0.485 e. The van der Waals surface area contributed by atoms with Crippen molar-refractivity contribution in [3.8, 4) is 5.75 Å². The fourth-order valence-electron chi connectivity index (χ4n) is 1.39. The quantitative estimate of drug-likeness (QED) is 0.820. The Hall–Kier alpha value is -1.94. The topological polar surface area (TPSA) is 74.2 Å². The molecule has 1 aromatic heterocycles. The van der Waals surface area contributed by atoms with Crippen molar-refractivity contribution in [2.45, 2.75) is 6.61 Å². The number of aromatic nitrogens is 1. The minimum absolute atomic E-state index is 0.305. The molecule has 0 spiro atoms. The summed E-state index contributed by atoms with van der Waals surface area (Å²) in [6.45, 7) is 0.305. The number of nitrogen functional groups attached to an aromatic ring is 2. The van der Waals surface area contributed by atoms with Gasteiger partial charge in [0.05, 0.1) is 0 Å². The number of anilines is 2. The Balaban J connectivity index is 2.12. The second-order valence-corrected chi connectivity index (χ2v) is 3.93. The van der Waals surface area contributed by atoms with E-state index in [1.807, 2.05) is 0 Å². The summed E-state index contributed by atoms with van der Waals surface area (Å²) in [4.78, 5) is 3.93. The molecule has 0 saturated carbocycles. The molecule has 88 valence electrons. The molecule has 2 rings (SSSR count). The molecule has 4 N–H and O–H groups in total. The van der Waals surface area contributed by atoms with Crippen LogP contribution in [0.4, 0.5) is 11.5 Å². The van der Waals surface area contributed by atoms with Crippen molar-refractivity contribution in [1.29, 1.82) is 0 Å². The van der Waals surface area contributed by atoms with Gasteiger partial charge in [-0.3, -0.25) is 0 Å². The van der Waals surface area contributed by atoms with E-state index < -0.39 is 0 Å². The van der Waals surface area contributed by atoms with Crippen molar-refractivity contribution in [2.75, 3.05) is 11.5 Å². The number of benzene rings is 1. The molecule has 0 aliphatic carbocycles. The van der Waals surface area contributed by atoms with Crippen molar-refractivity contribution in [3.63, 3.8) is 0 Å². The molecule has 0 aliphatic heterocycles. The van der Waals surface area contributed by atoms with Gasteiger partial charge in [-0.2, -0.15) is 0 Å². The van der Waals surface area contributed by atoms with E-state index in [2.05, 4.69) is 4.98 Å². The lowest BCUT2D eigenvalue weighted by Gasteiger charge is -2.09. The molecular formula is C12H12ClN3O. The van der Waals surface area contributed by atoms with E-state index in [0.29, 0.717) is 28.9 Å². The monoisotopic (exact) mass is 249 g/mol. The summed E-state index contributed by atoms with van der Waals surface area (Å²) in [5, 5.41) is 0.613. The fourth-order valence-corrected chi connectivity index (χ4v) is 1.56. The molecule has 2 aromatic rings. The van der Waals surface area contributed by atoms with Gasteiger partial charge in [0.25, 0.3) is 0 Å². The average Bonchev–Trinajstić information content (AvgIpc) is 2.32. The highest BCUT2D eigenvalue weighted by atomic mass is 35.5. The number of pyridine rings is 1. The highest BCUT2D eigenvalue weighted by molar-refractivity contribution is 6.31. The molecule has 0 unspecified atom stereocenters. The van der Waals surface area contributed by atoms with Gasteiger partial charge in [0.2, 0.25) is 0 Å². The molecule has 17 heavy (non-hydrogen) atoms. The van der Waals surface area contributed by atoms with Gasteiger partial charge in [-0.25, -0.2) is 4.98 Å². The standard InChI is InChI=1S/C12H12ClN3O/c13-10-4-3-9(14)6-8(10)7-17-11-2-1-5-16-12(11)15/h1-6H,7,14H2,(H2,15,16). The van der Waals surface area contributed by atoms with E-state index in [0.717, 1.165) is 5.56 Å². The average molecular weight is 250 g/mol. The van der Waals surface area contributed by atoms with Crippen LogP contribution in [0, 0.1) is 0 Å². The third-order valence-electron chi connectivity index (χ3n) is 2.25. The van der Waals surface area contributed by atoms with Crippen molar-refractivity contribution in [3.05, 3.63) is 47.1 Å². The van der Waals surface area contributed by atoms with Crippen LogP contribution in [0.5, 0.6) is 5.75 Å². The van der Waals surface area contributed by atoms with Crippen LogP contribution in [0.25, 0.3) is 0 Å². The number of ether oxygens (including phenoxy) is 1. The maximum absolute atomic E-state index is 6.02. The smallest absolute Gasteiger partial charge is 0.166 e. The second-order valence-electron chi connectivity index (χ2n) is 3.53. The highest BCUT2D eigenvalue weighted by Gasteiger charge is 2.04. The summed E-state index contributed by atoms with van der Waals surface area (Å²) < 4.78 is 5.53. The van der Waals surface area contributed by atoms with Crippen molar-refractivity contribution in [2.24, 2.45) is 0 Å². The Morgan fingerprint density at radius 2 is 2.06 bits per heavy atom. The fraction of sp³-hybridized carbons (Fsp3) is 0.0833. The zero-order chi connectivity index (χ0) is 12.3. The lowest BCUT2D eigenvalue weighted by atomic mass is 10.2. The molecule has 0 amide bonds. The number of nitrogens with zero attached hydrogens (tertiary/aromatic N) is 1. The maximum atomic E-state index is 6.02. The molecular weight excluding hydrogens is 238 g/mol.